The van der Waals surface area contributed by atoms with Crippen LogP contribution in [0.2, 0.25) is 0 Å². The molecule has 0 bridgehead atoms. The van der Waals surface area contributed by atoms with Crippen LogP contribution in [0.25, 0.3) is 11.3 Å². The third-order valence-electron chi connectivity index (χ3n) is 3.05. The molecule has 0 spiro atoms. The maximum Gasteiger partial charge on any atom is 0.132 e. The smallest absolute Gasteiger partial charge is 0.132 e. The van der Waals surface area contributed by atoms with Gasteiger partial charge in [0.15, 0.2) is 0 Å². The average Bonchev–Trinajstić information content (AvgIpc) is 2.71. The molecule has 0 unspecified atom stereocenters. The van der Waals surface area contributed by atoms with Crippen molar-refractivity contribution in [2.45, 2.75) is 26.3 Å². The highest BCUT2D eigenvalue weighted by atomic mass is 19.1. The van der Waals surface area contributed by atoms with Crippen molar-refractivity contribution in [3.05, 3.63) is 48.3 Å². The monoisotopic (exact) mass is 277 g/mol. The van der Waals surface area contributed by atoms with Crippen LogP contribution in [0.3, 0.4) is 0 Å². The first-order valence-electron chi connectivity index (χ1n) is 6.38. The minimum absolute atomic E-state index is 0.0761. The zero-order chi connectivity index (χ0) is 14.9. The fourth-order valence-electron chi connectivity index (χ4n) is 2.12. The van der Waals surface area contributed by atoms with Gasteiger partial charge < -0.3 is 10.3 Å². The molecule has 5 heteroatoms. The van der Waals surface area contributed by atoms with E-state index in [1.807, 2.05) is 13.8 Å². The summed E-state index contributed by atoms with van der Waals surface area (Å²) in [7, 11) is 0. The first-order chi connectivity index (χ1) is 9.45. The molecule has 0 atom stereocenters. The van der Waals surface area contributed by atoms with Gasteiger partial charge in [-0.25, -0.2) is 13.8 Å². The number of nitrogen functional groups attached to an aromatic ring is 1. The normalized spacial score (nSPS) is 11.1. The van der Waals surface area contributed by atoms with Gasteiger partial charge in [0.1, 0.15) is 29.0 Å². The molecule has 0 aliphatic carbocycles. The lowest BCUT2D eigenvalue weighted by molar-refractivity contribution is 0.602. The Labute approximate surface area is 116 Å². The van der Waals surface area contributed by atoms with Gasteiger partial charge in [-0.2, -0.15) is 0 Å². The van der Waals surface area contributed by atoms with Crippen molar-refractivity contribution in [2.24, 2.45) is 0 Å². The number of allylic oxidation sites excluding steroid dienone is 1. The molecule has 1 aromatic carbocycles. The van der Waals surface area contributed by atoms with E-state index in [-0.39, 0.29) is 17.2 Å². The summed E-state index contributed by atoms with van der Waals surface area (Å²) in [5.74, 6) is 0.0867. The first kappa shape index (κ1) is 14.2. The third kappa shape index (κ3) is 2.43. The molecule has 1 heterocycles. The van der Waals surface area contributed by atoms with Crippen molar-refractivity contribution < 1.29 is 8.78 Å². The van der Waals surface area contributed by atoms with Crippen molar-refractivity contribution in [3.8, 4) is 11.3 Å². The molecule has 106 valence electrons. The summed E-state index contributed by atoms with van der Waals surface area (Å²) in [6.07, 6.45) is 1.69. The Kier molecular flexibility index (Phi) is 3.88. The van der Waals surface area contributed by atoms with E-state index in [0.29, 0.717) is 12.4 Å². The summed E-state index contributed by atoms with van der Waals surface area (Å²) >= 11 is 0. The SMILES string of the molecule is C=CCn1c(C(C)C)nc(-c2cc(F)ccc2F)c1N. The van der Waals surface area contributed by atoms with Gasteiger partial charge in [-0.05, 0) is 18.2 Å². The molecule has 2 aromatic rings. The number of hydrogen-bond acceptors (Lipinski definition) is 2. The van der Waals surface area contributed by atoms with E-state index in [0.717, 1.165) is 24.0 Å². The molecule has 0 aliphatic rings. The van der Waals surface area contributed by atoms with Gasteiger partial charge in [0, 0.05) is 18.0 Å². The molecule has 0 saturated carbocycles. The Morgan fingerprint density at radius 3 is 2.70 bits per heavy atom. The Morgan fingerprint density at radius 2 is 2.10 bits per heavy atom. The number of anilines is 1. The van der Waals surface area contributed by atoms with Gasteiger partial charge in [0.2, 0.25) is 0 Å². The van der Waals surface area contributed by atoms with Crippen molar-refractivity contribution in [3.63, 3.8) is 0 Å². The van der Waals surface area contributed by atoms with E-state index in [9.17, 15) is 8.78 Å². The highest BCUT2D eigenvalue weighted by Crippen LogP contribution is 2.31. The van der Waals surface area contributed by atoms with E-state index in [1.165, 1.54) is 0 Å². The van der Waals surface area contributed by atoms with Crippen LogP contribution in [0, 0.1) is 11.6 Å². The molecule has 0 fully saturated rings. The number of hydrogen-bond donors (Lipinski definition) is 1. The Bertz CT molecular complexity index is 645. The summed E-state index contributed by atoms with van der Waals surface area (Å²) in [4.78, 5) is 4.38. The highest BCUT2D eigenvalue weighted by molar-refractivity contribution is 5.71. The molecule has 0 saturated heterocycles. The molecule has 0 radical (unpaired) electrons. The van der Waals surface area contributed by atoms with Crippen LogP contribution in [0.15, 0.2) is 30.9 Å². The molecule has 2 rings (SSSR count). The first-order valence-corrected chi connectivity index (χ1v) is 6.38. The number of imidazole rings is 1. The number of benzene rings is 1. The second kappa shape index (κ2) is 5.45. The molecular formula is C15H17F2N3. The Balaban J connectivity index is 2.65. The summed E-state index contributed by atoms with van der Waals surface area (Å²) in [6, 6.07) is 3.25. The second-order valence-electron chi connectivity index (χ2n) is 4.88. The van der Waals surface area contributed by atoms with Crippen LogP contribution in [-0.4, -0.2) is 9.55 Å². The van der Waals surface area contributed by atoms with Crippen LogP contribution < -0.4 is 5.73 Å². The van der Waals surface area contributed by atoms with Gasteiger partial charge in [-0.1, -0.05) is 19.9 Å². The lowest BCUT2D eigenvalue weighted by Crippen LogP contribution is -2.07. The van der Waals surface area contributed by atoms with Crippen molar-refractivity contribution in [1.29, 1.82) is 0 Å². The maximum absolute atomic E-state index is 13.9. The quantitative estimate of drug-likeness (QED) is 0.866. The largest absolute Gasteiger partial charge is 0.383 e. The van der Waals surface area contributed by atoms with Gasteiger partial charge >= 0.3 is 0 Å². The molecule has 3 nitrogen and oxygen atoms in total. The summed E-state index contributed by atoms with van der Waals surface area (Å²) < 4.78 is 29.0. The van der Waals surface area contributed by atoms with E-state index >= 15 is 0 Å². The molecule has 20 heavy (non-hydrogen) atoms. The predicted octanol–water partition coefficient (Wildman–Crippen LogP) is 3.72. The van der Waals surface area contributed by atoms with Crippen LogP contribution in [0.4, 0.5) is 14.6 Å². The van der Waals surface area contributed by atoms with Crippen molar-refractivity contribution in [1.82, 2.24) is 9.55 Å². The summed E-state index contributed by atoms with van der Waals surface area (Å²) in [6.45, 7) is 8.08. The standard InChI is InChI=1S/C15H17F2N3/c1-4-7-20-14(18)13(19-15(20)9(2)3)11-8-10(16)5-6-12(11)17/h4-6,8-9H,1,7,18H2,2-3H3. The van der Waals surface area contributed by atoms with Crippen LogP contribution in [-0.2, 0) is 6.54 Å². The minimum Gasteiger partial charge on any atom is -0.383 e. The van der Waals surface area contributed by atoms with Gasteiger partial charge in [-0.3, -0.25) is 0 Å². The summed E-state index contributed by atoms with van der Waals surface area (Å²) in [5, 5.41) is 0. The molecule has 0 aliphatic heterocycles. The zero-order valence-electron chi connectivity index (χ0n) is 11.5. The lowest BCUT2D eigenvalue weighted by Gasteiger charge is -2.09. The summed E-state index contributed by atoms with van der Waals surface area (Å²) in [5.41, 5.74) is 6.39. The molecule has 2 N–H and O–H groups in total. The lowest BCUT2D eigenvalue weighted by atomic mass is 10.1. The molecule has 1 aromatic heterocycles. The van der Waals surface area contributed by atoms with Crippen molar-refractivity contribution >= 4 is 5.82 Å². The van der Waals surface area contributed by atoms with Crippen molar-refractivity contribution in [2.75, 3.05) is 5.73 Å². The Morgan fingerprint density at radius 1 is 1.40 bits per heavy atom. The van der Waals surface area contributed by atoms with Crippen LogP contribution in [0.5, 0.6) is 0 Å². The van der Waals surface area contributed by atoms with Gasteiger partial charge in [0.25, 0.3) is 0 Å². The fraction of sp³-hybridized carbons (Fsp3) is 0.267. The third-order valence-corrected chi connectivity index (χ3v) is 3.05. The van der Waals surface area contributed by atoms with E-state index in [1.54, 1.807) is 10.6 Å². The second-order valence-corrected chi connectivity index (χ2v) is 4.88. The number of aromatic nitrogens is 2. The van der Waals surface area contributed by atoms with Gasteiger partial charge in [-0.15, -0.1) is 6.58 Å². The van der Waals surface area contributed by atoms with E-state index in [4.69, 9.17) is 5.73 Å². The fourth-order valence-corrected chi connectivity index (χ4v) is 2.12. The predicted molar refractivity (Wildman–Crippen MR) is 76.3 cm³/mol. The molecular weight excluding hydrogens is 260 g/mol. The van der Waals surface area contributed by atoms with Gasteiger partial charge in [0.05, 0.1) is 0 Å². The van der Waals surface area contributed by atoms with Crippen LogP contribution >= 0.6 is 0 Å². The topological polar surface area (TPSA) is 43.8 Å². The van der Waals surface area contributed by atoms with E-state index < -0.39 is 11.6 Å². The number of rotatable bonds is 4. The number of halogens is 2. The maximum atomic E-state index is 13.9. The average molecular weight is 277 g/mol. The number of nitrogens with two attached hydrogens (primary N) is 1. The Hall–Kier alpha value is -2.17. The van der Waals surface area contributed by atoms with E-state index in [2.05, 4.69) is 11.6 Å². The number of nitrogens with zero attached hydrogens (tertiary/aromatic N) is 2. The zero-order valence-corrected chi connectivity index (χ0v) is 11.5. The minimum atomic E-state index is -0.545. The highest BCUT2D eigenvalue weighted by Gasteiger charge is 2.20. The molecule has 0 amide bonds. The van der Waals surface area contributed by atoms with Crippen LogP contribution in [0.1, 0.15) is 25.6 Å².